The second kappa shape index (κ2) is 6.05. The first-order valence-corrected chi connectivity index (χ1v) is 7.54. The topological polar surface area (TPSA) is 12.0 Å². The Bertz CT molecular complexity index is 202. The number of hydrogen-bond donors (Lipinski definition) is 1. The van der Waals surface area contributed by atoms with Crippen LogP contribution in [0.15, 0.2) is 0 Å². The van der Waals surface area contributed by atoms with Crippen LogP contribution in [0, 0.1) is 11.8 Å². The maximum absolute atomic E-state index is 3.93. The first-order valence-electron chi connectivity index (χ1n) is 7.54. The van der Waals surface area contributed by atoms with Gasteiger partial charge in [0, 0.05) is 12.1 Å². The third-order valence-corrected chi connectivity index (χ3v) is 4.83. The van der Waals surface area contributed by atoms with Crippen LogP contribution in [0.4, 0.5) is 0 Å². The Labute approximate surface area is 101 Å². The van der Waals surface area contributed by atoms with Gasteiger partial charge in [0.2, 0.25) is 0 Å². The largest absolute Gasteiger partial charge is 0.311 e. The van der Waals surface area contributed by atoms with Crippen LogP contribution in [0.1, 0.15) is 71.6 Å². The summed E-state index contributed by atoms with van der Waals surface area (Å²) in [6, 6.07) is 1.69. The Balaban J connectivity index is 1.73. The van der Waals surface area contributed by atoms with E-state index in [9.17, 15) is 0 Å². The summed E-state index contributed by atoms with van der Waals surface area (Å²) in [4.78, 5) is 0. The van der Waals surface area contributed by atoms with Gasteiger partial charge in [-0.25, -0.2) is 0 Å². The molecule has 1 nitrogen and oxygen atoms in total. The van der Waals surface area contributed by atoms with E-state index in [1.54, 1.807) is 0 Å². The molecule has 0 bridgehead atoms. The van der Waals surface area contributed by atoms with Crippen molar-refractivity contribution in [2.24, 2.45) is 11.8 Å². The SMILES string of the molecule is CCC1CCCC(NC2CCC(C)C2)CC1. The van der Waals surface area contributed by atoms with E-state index < -0.39 is 0 Å². The van der Waals surface area contributed by atoms with Gasteiger partial charge in [0.25, 0.3) is 0 Å². The number of rotatable bonds is 3. The highest BCUT2D eigenvalue weighted by Crippen LogP contribution is 2.29. The van der Waals surface area contributed by atoms with Gasteiger partial charge in [-0.2, -0.15) is 0 Å². The molecule has 0 amide bonds. The van der Waals surface area contributed by atoms with Crippen LogP contribution in [0.25, 0.3) is 0 Å². The lowest BCUT2D eigenvalue weighted by Gasteiger charge is -2.21. The lowest BCUT2D eigenvalue weighted by atomic mass is 9.97. The lowest BCUT2D eigenvalue weighted by molar-refractivity contribution is 0.381. The van der Waals surface area contributed by atoms with Crippen LogP contribution in [-0.2, 0) is 0 Å². The smallest absolute Gasteiger partial charge is 0.00722 e. The minimum Gasteiger partial charge on any atom is -0.311 e. The highest BCUT2D eigenvalue weighted by Gasteiger charge is 2.25. The predicted molar refractivity (Wildman–Crippen MR) is 70.6 cm³/mol. The molecular formula is C15H29N. The average Bonchev–Trinajstić information content (AvgIpc) is 2.55. The van der Waals surface area contributed by atoms with Crippen molar-refractivity contribution in [2.45, 2.75) is 83.7 Å². The normalized spacial score (nSPS) is 40.9. The van der Waals surface area contributed by atoms with Gasteiger partial charge < -0.3 is 5.32 Å². The Morgan fingerprint density at radius 1 is 0.938 bits per heavy atom. The number of hydrogen-bond acceptors (Lipinski definition) is 1. The van der Waals surface area contributed by atoms with E-state index in [2.05, 4.69) is 19.2 Å². The molecule has 1 heteroatoms. The zero-order valence-electron chi connectivity index (χ0n) is 11.2. The summed E-state index contributed by atoms with van der Waals surface area (Å²) in [5.41, 5.74) is 0. The zero-order valence-corrected chi connectivity index (χ0v) is 11.2. The molecule has 2 fully saturated rings. The minimum atomic E-state index is 0.840. The van der Waals surface area contributed by atoms with Crippen molar-refractivity contribution in [3.8, 4) is 0 Å². The lowest BCUT2D eigenvalue weighted by Crippen LogP contribution is -2.36. The van der Waals surface area contributed by atoms with E-state index in [0.717, 1.165) is 23.9 Å². The highest BCUT2D eigenvalue weighted by molar-refractivity contribution is 4.83. The van der Waals surface area contributed by atoms with Crippen LogP contribution in [0.2, 0.25) is 0 Å². The maximum atomic E-state index is 3.93. The molecule has 1 N–H and O–H groups in total. The molecule has 0 aromatic heterocycles. The molecule has 2 rings (SSSR count). The summed E-state index contributed by atoms with van der Waals surface area (Å²) in [7, 11) is 0. The fraction of sp³-hybridized carbons (Fsp3) is 1.00. The maximum Gasteiger partial charge on any atom is 0.00722 e. The van der Waals surface area contributed by atoms with Crippen LogP contribution in [0.5, 0.6) is 0 Å². The van der Waals surface area contributed by atoms with Crippen molar-refractivity contribution < 1.29 is 0 Å². The van der Waals surface area contributed by atoms with Crippen LogP contribution in [-0.4, -0.2) is 12.1 Å². The minimum absolute atomic E-state index is 0.840. The summed E-state index contributed by atoms with van der Waals surface area (Å²) in [6.45, 7) is 4.76. The van der Waals surface area contributed by atoms with Crippen molar-refractivity contribution in [3.05, 3.63) is 0 Å². The molecule has 2 aliphatic rings. The van der Waals surface area contributed by atoms with Crippen molar-refractivity contribution in [3.63, 3.8) is 0 Å². The van der Waals surface area contributed by atoms with Crippen molar-refractivity contribution in [1.82, 2.24) is 5.32 Å². The van der Waals surface area contributed by atoms with Crippen molar-refractivity contribution in [1.29, 1.82) is 0 Å². The molecule has 0 saturated heterocycles. The van der Waals surface area contributed by atoms with E-state index >= 15 is 0 Å². The third kappa shape index (κ3) is 3.48. The van der Waals surface area contributed by atoms with E-state index in [4.69, 9.17) is 0 Å². The molecule has 4 atom stereocenters. The Morgan fingerprint density at radius 2 is 1.75 bits per heavy atom. The summed E-state index contributed by atoms with van der Waals surface area (Å²) in [5.74, 6) is 1.99. The highest BCUT2D eigenvalue weighted by atomic mass is 15.0. The molecular weight excluding hydrogens is 194 g/mol. The van der Waals surface area contributed by atoms with Crippen molar-refractivity contribution in [2.75, 3.05) is 0 Å². The second-order valence-corrected chi connectivity index (χ2v) is 6.26. The molecule has 0 spiro atoms. The Kier molecular flexibility index (Phi) is 4.69. The van der Waals surface area contributed by atoms with Gasteiger partial charge in [0.15, 0.2) is 0 Å². The van der Waals surface area contributed by atoms with Gasteiger partial charge in [-0.05, 0) is 50.4 Å². The average molecular weight is 223 g/mol. The van der Waals surface area contributed by atoms with Crippen LogP contribution in [0.3, 0.4) is 0 Å². The summed E-state index contributed by atoms with van der Waals surface area (Å²) < 4.78 is 0. The van der Waals surface area contributed by atoms with E-state index in [0.29, 0.717) is 0 Å². The standard InChI is InChI=1S/C15H29N/c1-3-13-5-4-6-14(10-8-13)16-15-9-7-12(2)11-15/h12-16H,3-11H2,1-2H3. The second-order valence-electron chi connectivity index (χ2n) is 6.26. The fourth-order valence-electron chi connectivity index (χ4n) is 3.65. The first-order chi connectivity index (χ1) is 7.78. The van der Waals surface area contributed by atoms with Crippen molar-refractivity contribution >= 4 is 0 Å². The Hall–Kier alpha value is -0.0400. The van der Waals surface area contributed by atoms with E-state index in [1.807, 2.05) is 0 Å². The number of nitrogens with one attached hydrogen (secondary N) is 1. The molecule has 0 aromatic rings. The predicted octanol–water partition coefficient (Wildman–Crippen LogP) is 4.12. The monoisotopic (exact) mass is 223 g/mol. The third-order valence-electron chi connectivity index (χ3n) is 4.83. The van der Waals surface area contributed by atoms with Gasteiger partial charge in [0.05, 0.1) is 0 Å². The Morgan fingerprint density at radius 3 is 2.44 bits per heavy atom. The molecule has 0 radical (unpaired) electrons. The van der Waals surface area contributed by atoms with E-state index in [1.165, 1.54) is 57.8 Å². The molecule has 94 valence electrons. The van der Waals surface area contributed by atoms with Crippen LogP contribution >= 0.6 is 0 Å². The first kappa shape index (κ1) is 12.4. The van der Waals surface area contributed by atoms with Gasteiger partial charge in [0.1, 0.15) is 0 Å². The quantitative estimate of drug-likeness (QED) is 0.710. The molecule has 0 heterocycles. The van der Waals surface area contributed by atoms with Crippen LogP contribution < -0.4 is 5.32 Å². The molecule has 16 heavy (non-hydrogen) atoms. The summed E-state index contributed by atoms with van der Waals surface area (Å²) in [5, 5.41) is 3.93. The van der Waals surface area contributed by atoms with Gasteiger partial charge >= 0.3 is 0 Å². The zero-order chi connectivity index (χ0) is 11.4. The van der Waals surface area contributed by atoms with Gasteiger partial charge in [-0.15, -0.1) is 0 Å². The molecule has 0 aliphatic heterocycles. The summed E-state index contributed by atoms with van der Waals surface area (Å²) >= 11 is 0. The molecule has 4 unspecified atom stereocenters. The van der Waals surface area contributed by atoms with Gasteiger partial charge in [-0.1, -0.05) is 33.1 Å². The van der Waals surface area contributed by atoms with E-state index in [-0.39, 0.29) is 0 Å². The molecule has 0 aromatic carbocycles. The summed E-state index contributed by atoms with van der Waals surface area (Å²) in [6.07, 6.45) is 13.0. The molecule has 2 saturated carbocycles. The van der Waals surface area contributed by atoms with Gasteiger partial charge in [-0.3, -0.25) is 0 Å². The molecule has 2 aliphatic carbocycles. The fourth-order valence-corrected chi connectivity index (χ4v) is 3.65.